The monoisotopic (exact) mass is 272 g/mol. The maximum Gasteiger partial charge on any atom is 0.304 e. The summed E-state index contributed by atoms with van der Waals surface area (Å²) in [6, 6.07) is 0.171. The van der Waals surface area contributed by atoms with E-state index in [1.165, 1.54) is 0 Å². The predicted octanol–water partition coefficient (Wildman–Crippen LogP) is 1.87. The van der Waals surface area contributed by atoms with Crippen molar-refractivity contribution in [3.05, 3.63) is 0 Å². The van der Waals surface area contributed by atoms with Crippen LogP contribution >= 0.6 is 0 Å². The lowest BCUT2D eigenvalue weighted by Gasteiger charge is -2.22. The van der Waals surface area contributed by atoms with Crippen LogP contribution in [-0.2, 0) is 9.59 Å². The molecule has 0 bridgehead atoms. The van der Waals surface area contributed by atoms with Gasteiger partial charge in [0.05, 0.1) is 13.0 Å². The summed E-state index contributed by atoms with van der Waals surface area (Å²) in [5, 5.41) is 11.6. The minimum absolute atomic E-state index is 0.0174. The van der Waals surface area contributed by atoms with Crippen LogP contribution in [0, 0.1) is 0 Å². The van der Waals surface area contributed by atoms with Crippen LogP contribution in [0.4, 0.5) is 0 Å². The third-order valence-corrected chi connectivity index (χ3v) is 3.11. The van der Waals surface area contributed by atoms with Crippen LogP contribution in [0.25, 0.3) is 0 Å². The van der Waals surface area contributed by atoms with Gasteiger partial charge in [0.2, 0.25) is 5.91 Å². The number of aliphatic carboxylic acids is 1. The van der Waals surface area contributed by atoms with Crippen LogP contribution < -0.4 is 5.32 Å². The summed E-state index contributed by atoms with van der Waals surface area (Å²) in [7, 11) is 0. The average molecular weight is 272 g/mol. The zero-order chi connectivity index (χ0) is 14.7. The average Bonchev–Trinajstić information content (AvgIpc) is 2.35. The Morgan fingerprint density at radius 3 is 2.42 bits per heavy atom. The van der Waals surface area contributed by atoms with E-state index in [1.807, 2.05) is 18.7 Å². The van der Waals surface area contributed by atoms with Crippen molar-refractivity contribution in [2.75, 3.05) is 19.6 Å². The highest BCUT2D eigenvalue weighted by Crippen LogP contribution is 2.00. The molecule has 0 aliphatic heterocycles. The summed E-state index contributed by atoms with van der Waals surface area (Å²) in [4.78, 5) is 24.3. The summed E-state index contributed by atoms with van der Waals surface area (Å²) < 4.78 is 0. The van der Waals surface area contributed by atoms with Crippen molar-refractivity contribution in [3.8, 4) is 0 Å². The van der Waals surface area contributed by atoms with Crippen LogP contribution in [0.3, 0.4) is 0 Å². The highest BCUT2D eigenvalue weighted by molar-refractivity contribution is 5.78. The maximum absolute atomic E-state index is 11.8. The molecule has 0 aromatic carbocycles. The van der Waals surface area contributed by atoms with Crippen molar-refractivity contribution in [1.82, 2.24) is 10.2 Å². The van der Waals surface area contributed by atoms with E-state index in [9.17, 15) is 9.59 Å². The number of amides is 1. The number of unbranched alkanes of at least 4 members (excludes halogenated alkanes) is 2. The van der Waals surface area contributed by atoms with Crippen LogP contribution in [0.15, 0.2) is 0 Å². The minimum Gasteiger partial charge on any atom is -0.481 e. The van der Waals surface area contributed by atoms with Crippen molar-refractivity contribution in [1.29, 1.82) is 0 Å². The van der Waals surface area contributed by atoms with E-state index in [4.69, 9.17) is 5.11 Å². The van der Waals surface area contributed by atoms with Gasteiger partial charge in [0.15, 0.2) is 0 Å². The van der Waals surface area contributed by atoms with Crippen LogP contribution in [0.1, 0.15) is 52.9 Å². The number of carbonyl (C=O) groups excluding carboxylic acids is 1. The molecule has 0 saturated carbocycles. The second-order valence-corrected chi connectivity index (χ2v) is 5.00. The zero-order valence-corrected chi connectivity index (χ0v) is 12.4. The molecule has 0 rings (SSSR count). The fraction of sp³-hybridized carbons (Fsp3) is 0.857. The SMILES string of the molecule is CCCCCN(CCC(=O)O)CC(=O)NC(C)CC. The topological polar surface area (TPSA) is 69.6 Å². The summed E-state index contributed by atoms with van der Waals surface area (Å²) in [5.41, 5.74) is 0. The van der Waals surface area contributed by atoms with Crippen LogP contribution in [0.2, 0.25) is 0 Å². The molecule has 1 amide bonds. The third-order valence-electron chi connectivity index (χ3n) is 3.11. The molecule has 0 heterocycles. The van der Waals surface area contributed by atoms with Crippen molar-refractivity contribution < 1.29 is 14.7 Å². The van der Waals surface area contributed by atoms with Gasteiger partial charge >= 0.3 is 5.97 Å². The Morgan fingerprint density at radius 1 is 1.21 bits per heavy atom. The Balaban J connectivity index is 4.14. The lowest BCUT2D eigenvalue weighted by molar-refractivity contribution is -0.137. The number of carboxylic acids is 1. The van der Waals surface area contributed by atoms with Gasteiger partial charge in [-0.25, -0.2) is 0 Å². The molecular formula is C14H28N2O3. The molecule has 5 nitrogen and oxygen atoms in total. The first-order valence-corrected chi connectivity index (χ1v) is 7.23. The largest absolute Gasteiger partial charge is 0.481 e. The van der Waals surface area contributed by atoms with Gasteiger partial charge in [-0.2, -0.15) is 0 Å². The summed E-state index contributed by atoms with van der Waals surface area (Å²) in [6.07, 6.45) is 4.22. The number of nitrogens with one attached hydrogen (secondary N) is 1. The molecule has 2 N–H and O–H groups in total. The van der Waals surface area contributed by atoms with Gasteiger partial charge in [-0.3, -0.25) is 14.5 Å². The Kier molecular flexibility index (Phi) is 10.2. The number of nitrogens with zero attached hydrogens (tertiary/aromatic N) is 1. The summed E-state index contributed by atoms with van der Waals surface area (Å²) in [5.74, 6) is -0.834. The number of hydrogen-bond donors (Lipinski definition) is 2. The van der Waals surface area contributed by atoms with Crippen LogP contribution in [0.5, 0.6) is 0 Å². The van der Waals surface area contributed by atoms with Gasteiger partial charge in [-0.05, 0) is 26.3 Å². The fourth-order valence-electron chi connectivity index (χ4n) is 1.73. The second-order valence-electron chi connectivity index (χ2n) is 5.00. The predicted molar refractivity (Wildman–Crippen MR) is 76.1 cm³/mol. The Morgan fingerprint density at radius 2 is 1.89 bits per heavy atom. The van der Waals surface area contributed by atoms with Crippen molar-refractivity contribution in [3.63, 3.8) is 0 Å². The molecule has 0 aliphatic rings. The summed E-state index contributed by atoms with van der Waals surface area (Å²) >= 11 is 0. The fourth-order valence-corrected chi connectivity index (χ4v) is 1.73. The molecule has 0 fully saturated rings. The molecule has 0 radical (unpaired) electrons. The molecule has 1 atom stereocenters. The second kappa shape index (κ2) is 10.8. The molecule has 0 aromatic heterocycles. The van der Waals surface area contributed by atoms with Gasteiger partial charge < -0.3 is 10.4 Å². The van der Waals surface area contributed by atoms with Crippen LogP contribution in [-0.4, -0.2) is 47.6 Å². The van der Waals surface area contributed by atoms with Gasteiger partial charge in [-0.1, -0.05) is 26.7 Å². The first-order chi connectivity index (χ1) is 8.99. The first kappa shape index (κ1) is 17.9. The van der Waals surface area contributed by atoms with Gasteiger partial charge in [-0.15, -0.1) is 0 Å². The van der Waals surface area contributed by atoms with Gasteiger partial charge in [0, 0.05) is 12.6 Å². The quantitative estimate of drug-likeness (QED) is 0.563. The maximum atomic E-state index is 11.8. The highest BCUT2D eigenvalue weighted by Gasteiger charge is 2.13. The summed E-state index contributed by atoms with van der Waals surface area (Å²) in [6.45, 7) is 7.63. The molecule has 0 aliphatic carbocycles. The lowest BCUT2D eigenvalue weighted by Crippen LogP contribution is -2.41. The van der Waals surface area contributed by atoms with E-state index in [0.29, 0.717) is 13.1 Å². The molecule has 5 heteroatoms. The third kappa shape index (κ3) is 10.5. The Labute approximate surface area is 116 Å². The molecular weight excluding hydrogens is 244 g/mol. The zero-order valence-electron chi connectivity index (χ0n) is 12.4. The lowest BCUT2D eigenvalue weighted by atomic mass is 10.2. The van der Waals surface area contributed by atoms with E-state index in [0.717, 1.165) is 32.2 Å². The Bertz CT molecular complexity index is 269. The number of carbonyl (C=O) groups is 2. The molecule has 0 saturated heterocycles. The Hall–Kier alpha value is -1.10. The van der Waals surface area contributed by atoms with E-state index in [-0.39, 0.29) is 18.4 Å². The van der Waals surface area contributed by atoms with Crippen molar-refractivity contribution in [2.45, 2.75) is 58.9 Å². The van der Waals surface area contributed by atoms with E-state index in [1.54, 1.807) is 0 Å². The number of carboxylic acid groups (broad SMARTS) is 1. The molecule has 112 valence electrons. The molecule has 19 heavy (non-hydrogen) atoms. The molecule has 0 spiro atoms. The number of hydrogen-bond acceptors (Lipinski definition) is 3. The standard InChI is InChI=1S/C14H28N2O3/c1-4-6-7-9-16(10-8-14(18)19)11-13(17)15-12(3)5-2/h12H,4-11H2,1-3H3,(H,15,17)(H,18,19). The highest BCUT2D eigenvalue weighted by atomic mass is 16.4. The minimum atomic E-state index is -0.817. The molecule has 1 unspecified atom stereocenters. The normalized spacial score (nSPS) is 12.4. The van der Waals surface area contributed by atoms with Gasteiger partial charge in [0.25, 0.3) is 0 Å². The first-order valence-electron chi connectivity index (χ1n) is 7.23. The van der Waals surface area contributed by atoms with E-state index < -0.39 is 5.97 Å². The van der Waals surface area contributed by atoms with Gasteiger partial charge in [0.1, 0.15) is 0 Å². The smallest absolute Gasteiger partial charge is 0.304 e. The van der Waals surface area contributed by atoms with E-state index in [2.05, 4.69) is 12.2 Å². The van der Waals surface area contributed by atoms with E-state index >= 15 is 0 Å². The molecule has 0 aromatic rings. The van der Waals surface area contributed by atoms with Crippen molar-refractivity contribution in [2.24, 2.45) is 0 Å². The van der Waals surface area contributed by atoms with Crippen molar-refractivity contribution >= 4 is 11.9 Å². The number of rotatable bonds is 11.